The Balaban J connectivity index is -0.000000855. The fourth-order valence-electron chi connectivity index (χ4n) is 6.60. The monoisotopic (exact) mass is 851 g/mol. The molecule has 1 heteroatoms. The number of rotatable bonds is 12. The molecule has 3 aromatic carbocycles. The maximum Gasteiger partial charge on any atom is -0.0125 e. The van der Waals surface area contributed by atoms with Crippen molar-refractivity contribution in [3.63, 3.8) is 0 Å². The van der Waals surface area contributed by atoms with Crippen molar-refractivity contribution in [1.82, 2.24) is 0 Å². The second-order valence-corrected chi connectivity index (χ2v) is 17.0. The summed E-state index contributed by atoms with van der Waals surface area (Å²) >= 11 is 4.61. The highest BCUT2D eigenvalue weighted by molar-refractivity contribution is 7.84. The molecule has 3 aromatic rings. The van der Waals surface area contributed by atoms with E-state index in [0.29, 0.717) is 17.8 Å². The highest BCUT2D eigenvalue weighted by Gasteiger charge is 2.15. The largest absolute Gasteiger partial charge is 0.148 e. The molecular formula is C60H98S. The van der Waals surface area contributed by atoms with Crippen LogP contribution in [-0.2, 0) is 0 Å². The van der Waals surface area contributed by atoms with E-state index in [9.17, 15) is 0 Å². The molecule has 0 aliphatic heterocycles. The van der Waals surface area contributed by atoms with Crippen LogP contribution in [0.4, 0.5) is 0 Å². The molecule has 0 heterocycles. The summed E-state index contributed by atoms with van der Waals surface area (Å²) in [4.78, 5) is 1.19. The smallest absolute Gasteiger partial charge is 0.0125 e. The van der Waals surface area contributed by atoms with E-state index in [1.807, 2.05) is 67.5 Å². The summed E-state index contributed by atoms with van der Waals surface area (Å²) in [5, 5.41) is 0. The molecule has 0 saturated carbocycles. The summed E-state index contributed by atoms with van der Waals surface area (Å²) in [5.74, 6) is 2.66. The summed E-state index contributed by atoms with van der Waals surface area (Å²) in [6, 6.07) is 20.5. The van der Waals surface area contributed by atoms with Gasteiger partial charge in [0.05, 0.1) is 0 Å². The minimum atomic E-state index is 0.582. The zero-order chi connectivity index (χ0) is 47.5. The van der Waals surface area contributed by atoms with Crippen molar-refractivity contribution < 1.29 is 0 Å². The van der Waals surface area contributed by atoms with Crippen molar-refractivity contribution in [3.8, 4) is 11.1 Å². The average molecular weight is 852 g/mol. The van der Waals surface area contributed by atoms with Crippen molar-refractivity contribution in [3.05, 3.63) is 147 Å². The lowest BCUT2D eigenvalue weighted by Gasteiger charge is -2.20. The normalized spacial score (nSPS) is 12.5. The van der Waals surface area contributed by atoms with E-state index >= 15 is 0 Å². The number of unbranched alkanes of at least 4 members (excludes halogenated alkanes) is 1. The molecule has 0 amide bonds. The molecular weight excluding hydrogens is 753 g/mol. The molecule has 0 spiro atoms. The third-order valence-corrected chi connectivity index (χ3v) is 11.0. The summed E-state index contributed by atoms with van der Waals surface area (Å²) in [6.45, 7) is 45.1. The van der Waals surface area contributed by atoms with Crippen LogP contribution in [0.3, 0.4) is 0 Å². The van der Waals surface area contributed by atoms with E-state index in [2.05, 4.69) is 188 Å². The van der Waals surface area contributed by atoms with Crippen molar-refractivity contribution in [2.45, 2.75) is 208 Å². The topological polar surface area (TPSA) is 0 Å². The lowest BCUT2D eigenvalue weighted by Crippen LogP contribution is -2.02. The van der Waals surface area contributed by atoms with Gasteiger partial charge in [0.15, 0.2) is 0 Å². The second kappa shape index (κ2) is 38.4. The number of aryl methyl sites for hydroxylation is 2. The molecule has 1 atom stereocenters. The molecule has 0 aromatic heterocycles. The molecule has 61 heavy (non-hydrogen) atoms. The second-order valence-electron chi connectivity index (χ2n) is 16.4. The Morgan fingerprint density at radius 1 is 0.705 bits per heavy atom. The zero-order valence-corrected chi connectivity index (χ0v) is 44.8. The summed E-state index contributed by atoms with van der Waals surface area (Å²) in [7, 11) is 0. The van der Waals surface area contributed by atoms with Crippen molar-refractivity contribution in [2.75, 3.05) is 0 Å². The van der Waals surface area contributed by atoms with E-state index in [1.54, 1.807) is 0 Å². The molecule has 0 nitrogen and oxygen atoms in total. The van der Waals surface area contributed by atoms with Crippen LogP contribution in [0, 0.1) is 26.7 Å². The van der Waals surface area contributed by atoms with Gasteiger partial charge in [-0.05, 0) is 165 Å². The zero-order valence-electron chi connectivity index (χ0n) is 43.9. The highest BCUT2D eigenvalue weighted by atomic mass is 32.1. The van der Waals surface area contributed by atoms with Crippen LogP contribution < -0.4 is 0 Å². The van der Waals surface area contributed by atoms with Crippen molar-refractivity contribution in [2.24, 2.45) is 5.92 Å². The molecule has 0 N–H and O–H groups in total. The Labute approximate surface area is 388 Å². The average Bonchev–Trinajstić information content (AvgIpc) is 3.27. The van der Waals surface area contributed by atoms with Gasteiger partial charge in [-0.1, -0.05) is 212 Å². The lowest BCUT2D eigenvalue weighted by molar-refractivity contribution is 0.607. The van der Waals surface area contributed by atoms with Gasteiger partial charge in [0.1, 0.15) is 0 Å². The van der Waals surface area contributed by atoms with E-state index in [4.69, 9.17) is 0 Å². The number of benzene rings is 3. The quantitative estimate of drug-likeness (QED) is 0.0798. The molecule has 344 valence electrons. The van der Waals surface area contributed by atoms with Crippen LogP contribution in [0.15, 0.2) is 108 Å². The Morgan fingerprint density at radius 3 is 1.64 bits per heavy atom. The maximum absolute atomic E-state index is 4.61. The fraction of sp³-hybridized carbons (Fsp3) is 0.533. The van der Waals surface area contributed by atoms with Crippen LogP contribution >= 0.6 is 12.6 Å². The van der Waals surface area contributed by atoms with Gasteiger partial charge in [0, 0.05) is 0 Å². The minimum absolute atomic E-state index is 0.582. The van der Waals surface area contributed by atoms with Crippen molar-refractivity contribution in [1.29, 1.82) is 0 Å². The molecule has 1 aliphatic carbocycles. The summed E-state index contributed by atoms with van der Waals surface area (Å²) in [5.41, 5.74) is 15.6. The Hall–Kier alpha value is -3.29. The number of hydrogen-bond donors (Lipinski definition) is 1. The predicted molar refractivity (Wildman–Crippen MR) is 290 cm³/mol. The summed E-state index contributed by atoms with van der Waals surface area (Å²) in [6.07, 6.45) is 23.4. The van der Waals surface area contributed by atoms with E-state index in [-0.39, 0.29) is 0 Å². The highest BCUT2D eigenvalue weighted by Crippen LogP contribution is 2.34. The summed E-state index contributed by atoms with van der Waals surface area (Å²) < 4.78 is 0. The molecule has 0 saturated heterocycles. The Kier molecular flexibility index (Phi) is 39.0. The number of allylic oxidation sites excluding steroid dienone is 10. The molecule has 1 aliphatic rings. The standard InChI is InChI=1S/C26H34S.C19H26.C5H12.C4H8.3C2H6/c1-6-19(2)17-25(27)16-8-7-11-20(3)23-14-10-15-24(18-23)26-21(4)12-9-13-22(26)5;1-13(2)18-11-17(16-9-7-6-8-10-16)12-19(14(3)4)15(18)5;1-4-5(2)3;1-3-4-2;3*1-2/h6,9-10,12-15,17-18,20,27H,7-8,11,16H2,1-5H3;6-7,9,11-14H,8,10H2,1-5H3;5H,4H2,1-3H3;3-4H,1-2H3;3*1-2H3/b19-6-,25-17+;;;4-3-;;;. The van der Waals surface area contributed by atoms with Gasteiger partial charge in [-0.25, -0.2) is 0 Å². The van der Waals surface area contributed by atoms with Gasteiger partial charge < -0.3 is 0 Å². The van der Waals surface area contributed by atoms with E-state index < -0.39 is 0 Å². The third kappa shape index (κ3) is 26.1. The van der Waals surface area contributed by atoms with Gasteiger partial charge in [-0.3, -0.25) is 0 Å². The fourth-order valence-corrected chi connectivity index (χ4v) is 6.96. The van der Waals surface area contributed by atoms with Gasteiger partial charge in [0.25, 0.3) is 0 Å². The van der Waals surface area contributed by atoms with Gasteiger partial charge in [0.2, 0.25) is 0 Å². The SMILES string of the molecule is C/C=C(C)\C=C(\S)CCCCC(C)c1cccc(-c2c(C)cccc2C)c1.C/C=C\C.CC.CC.CC.CCC(C)C.Cc1c(C(C)C)cc(C2=CC=CCC2)cc1C(C)C. The lowest BCUT2D eigenvalue weighted by atomic mass is 9.85. The first-order valence-electron chi connectivity index (χ1n) is 24.4. The first-order chi connectivity index (χ1) is 29.1. The number of hydrogen-bond acceptors (Lipinski definition) is 1. The van der Waals surface area contributed by atoms with E-state index in [0.717, 1.165) is 12.3 Å². The first-order valence-corrected chi connectivity index (χ1v) is 24.8. The third-order valence-electron chi connectivity index (χ3n) is 10.7. The first kappa shape index (κ1) is 62.0. The molecule has 0 bridgehead atoms. The van der Waals surface area contributed by atoms with Crippen molar-refractivity contribution >= 4 is 18.2 Å². The molecule has 0 fully saturated rings. The molecule has 4 rings (SSSR count). The van der Waals surface area contributed by atoms with Crippen LogP contribution in [0.25, 0.3) is 16.7 Å². The predicted octanol–water partition coefficient (Wildman–Crippen LogP) is 21.1. The Bertz CT molecular complexity index is 1650. The Morgan fingerprint density at radius 2 is 1.21 bits per heavy atom. The van der Waals surface area contributed by atoms with Crippen LogP contribution in [0.2, 0.25) is 0 Å². The van der Waals surface area contributed by atoms with E-state index in [1.165, 1.54) is 105 Å². The van der Waals surface area contributed by atoms with Crippen LogP contribution in [0.5, 0.6) is 0 Å². The maximum atomic E-state index is 4.61. The van der Waals surface area contributed by atoms with Gasteiger partial charge in [-0.2, -0.15) is 0 Å². The van der Waals surface area contributed by atoms with Gasteiger partial charge >= 0.3 is 0 Å². The van der Waals surface area contributed by atoms with Gasteiger partial charge in [-0.15, -0.1) is 12.6 Å². The number of thiol groups is 1. The molecule has 1 unspecified atom stereocenters. The molecule has 0 radical (unpaired) electrons. The minimum Gasteiger partial charge on any atom is -0.148 e. The van der Waals surface area contributed by atoms with Crippen LogP contribution in [0.1, 0.15) is 226 Å². The van der Waals surface area contributed by atoms with Crippen LogP contribution in [-0.4, -0.2) is 0 Å².